The molecule has 1 aromatic heterocycles. The van der Waals surface area contributed by atoms with Gasteiger partial charge in [-0.15, -0.1) is 24.8 Å². The minimum absolute atomic E-state index is 0. The molecule has 2 aliphatic rings. The number of aromatic nitrogens is 2. The second kappa shape index (κ2) is 8.70. The molecule has 0 saturated carbocycles. The molecule has 1 heterocycles. The number of imidazole rings is 1. The van der Waals surface area contributed by atoms with Crippen molar-refractivity contribution in [3.8, 4) is 0 Å². The molecule has 0 amide bonds. The molecule has 0 aliphatic heterocycles. The van der Waals surface area contributed by atoms with Crippen LogP contribution in [0.15, 0.2) is 42.5 Å². The van der Waals surface area contributed by atoms with E-state index >= 15 is 0 Å². The highest BCUT2D eigenvalue weighted by molar-refractivity contribution is 5.85. The third-order valence-electron chi connectivity index (χ3n) is 4.80. The second-order valence-electron chi connectivity index (χ2n) is 6.67. The predicted molar refractivity (Wildman–Crippen MR) is 108 cm³/mol. The maximum Gasteiger partial charge on any atom is 0.121 e. The Morgan fingerprint density at radius 3 is 2.76 bits per heavy atom. The average molecular weight is 378 g/mol. The molecule has 4 rings (SSSR count). The molecule has 2 aromatic rings. The summed E-state index contributed by atoms with van der Waals surface area (Å²) >= 11 is 0. The third kappa shape index (κ3) is 4.35. The van der Waals surface area contributed by atoms with Gasteiger partial charge >= 0.3 is 0 Å². The van der Waals surface area contributed by atoms with Gasteiger partial charge in [0.05, 0.1) is 17.2 Å². The third-order valence-corrected chi connectivity index (χ3v) is 4.80. The van der Waals surface area contributed by atoms with Gasteiger partial charge in [0.1, 0.15) is 5.82 Å². The van der Waals surface area contributed by atoms with E-state index in [4.69, 9.17) is 4.98 Å². The van der Waals surface area contributed by atoms with Crippen LogP contribution in [0.2, 0.25) is 0 Å². The van der Waals surface area contributed by atoms with E-state index in [9.17, 15) is 0 Å². The first-order valence-electron chi connectivity index (χ1n) is 8.48. The van der Waals surface area contributed by atoms with Crippen molar-refractivity contribution >= 4 is 36.5 Å². The van der Waals surface area contributed by atoms with Crippen molar-refractivity contribution in [2.24, 2.45) is 5.92 Å². The quantitative estimate of drug-likeness (QED) is 0.886. The standard InChI is InChI=1S/C20H23N3.2ClH/c1-23(13-15-7-3-2-4-8-15)14-19-21-18-12-11-16-9-5-6-10-17(16)20(18)22-19;;/h2-4,6-8,10,12,16H,5,9,11,13-14H2,1H3,(H,21,22);2*1H. The Morgan fingerprint density at radius 1 is 1.16 bits per heavy atom. The summed E-state index contributed by atoms with van der Waals surface area (Å²) in [6, 6.07) is 10.6. The van der Waals surface area contributed by atoms with Crippen molar-refractivity contribution in [1.29, 1.82) is 0 Å². The minimum Gasteiger partial charge on any atom is -0.341 e. The lowest BCUT2D eigenvalue weighted by Crippen LogP contribution is -2.33. The summed E-state index contributed by atoms with van der Waals surface area (Å²) in [5.74, 6) is 1.75. The van der Waals surface area contributed by atoms with Gasteiger partial charge in [-0.25, -0.2) is 4.98 Å². The first kappa shape index (κ1) is 19.8. The lowest BCUT2D eigenvalue weighted by atomic mass is 9.84. The van der Waals surface area contributed by atoms with E-state index < -0.39 is 0 Å². The molecular formula is C20H25Cl2N3. The molecular weight excluding hydrogens is 353 g/mol. The number of halogens is 2. The van der Waals surface area contributed by atoms with Crippen LogP contribution in [0.1, 0.15) is 30.7 Å². The molecule has 0 bridgehead atoms. The van der Waals surface area contributed by atoms with Crippen LogP contribution in [-0.4, -0.2) is 21.9 Å². The summed E-state index contributed by atoms with van der Waals surface area (Å²) in [4.78, 5) is 10.7. The Labute approximate surface area is 161 Å². The number of benzene rings is 1. The zero-order valence-corrected chi connectivity index (χ0v) is 16.1. The molecule has 0 spiro atoms. The number of H-pyrrole nitrogens is 1. The Balaban J connectivity index is 0.00000113. The maximum absolute atomic E-state index is 4.82. The number of nitrogens with zero attached hydrogens (tertiary/aromatic N) is 2. The van der Waals surface area contributed by atoms with E-state index in [-0.39, 0.29) is 24.8 Å². The first-order valence-corrected chi connectivity index (χ1v) is 8.48. The molecule has 0 radical (unpaired) electrons. The van der Waals surface area contributed by atoms with Crippen molar-refractivity contribution in [3.63, 3.8) is 0 Å². The fraction of sp³-hybridized carbons (Fsp3) is 0.350. The van der Waals surface area contributed by atoms with Gasteiger partial charge in [-0.3, -0.25) is 4.90 Å². The molecule has 1 aromatic carbocycles. The van der Waals surface area contributed by atoms with E-state index in [1.165, 1.54) is 29.3 Å². The molecule has 1 N–H and O–H groups in total. The number of aromatic amines is 1. The predicted octanol–water partition coefficient (Wildman–Crippen LogP) is 3.19. The highest BCUT2D eigenvalue weighted by Gasteiger charge is 2.19. The number of hydrogen-bond acceptors (Lipinski definition) is 2. The minimum atomic E-state index is 0. The molecule has 0 fully saturated rings. The van der Waals surface area contributed by atoms with Gasteiger partial charge in [0.25, 0.3) is 0 Å². The molecule has 0 saturated heterocycles. The average Bonchev–Trinajstić information content (AvgIpc) is 2.98. The summed E-state index contributed by atoms with van der Waals surface area (Å²) in [6.45, 7) is 1.78. The van der Waals surface area contributed by atoms with Crippen molar-refractivity contribution in [2.75, 3.05) is 7.05 Å². The number of rotatable bonds is 4. The molecule has 2 aliphatic carbocycles. The highest BCUT2D eigenvalue weighted by Crippen LogP contribution is 2.28. The van der Waals surface area contributed by atoms with Gasteiger partial charge in [0, 0.05) is 6.54 Å². The number of fused-ring (bicyclic) bond motifs is 2. The van der Waals surface area contributed by atoms with Gasteiger partial charge in [-0.05, 0) is 43.4 Å². The lowest BCUT2D eigenvalue weighted by molar-refractivity contribution is 0.311. The van der Waals surface area contributed by atoms with E-state index in [2.05, 4.69) is 65.5 Å². The summed E-state index contributed by atoms with van der Waals surface area (Å²) in [5.41, 5.74) is 2.79. The summed E-state index contributed by atoms with van der Waals surface area (Å²) in [6.07, 6.45) is 10.5. The summed E-state index contributed by atoms with van der Waals surface area (Å²) in [7, 11) is 2.15. The van der Waals surface area contributed by atoms with Gasteiger partial charge in [-0.2, -0.15) is 0 Å². The van der Waals surface area contributed by atoms with Gasteiger partial charge < -0.3 is 4.98 Å². The number of hydrogen-bond donors (Lipinski definition) is 1. The largest absolute Gasteiger partial charge is 0.341 e. The van der Waals surface area contributed by atoms with Crippen LogP contribution in [-0.2, 0) is 13.1 Å². The normalized spacial score (nSPS) is 17.8. The molecule has 1 unspecified atom stereocenters. The molecule has 5 heteroatoms. The Bertz CT molecular complexity index is 840. The first-order chi connectivity index (χ1) is 11.3. The van der Waals surface area contributed by atoms with E-state index in [0.717, 1.165) is 30.7 Å². The molecule has 3 nitrogen and oxygen atoms in total. The van der Waals surface area contributed by atoms with Gasteiger partial charge in [0.15, 0.2) is 0 Å². The summed E-state index contributed by atoms with van der Waals surface area (Å²) < 4.78 is 0. The van der Waals surface area contributed by atoms with Crippen LogP contribution in [0.4, 0.5) is 0 Å². The van der Waals surface area contributed by atoms with Gasteiger partial charge in [-0.1, -0.05) is 48.6 Å². The van der Waals surface area contributed by atoms with E-state index in [0.29, 0.717) is 5.92 Å². The zero-order valence-electron chi connectivity index (χ0n) is 14.4. The van der Waals surface area contributed by atoms with Crippen LogP contribution in [0, 0.1) is 5.92 Å². The Hall–Kier alpha value is -1.55. The molecule has 1 atom stereocenters. The van der Waals surface area contributed by atoms with Crippen LogP contribution in [0.5, 0.6) is 0 Å². The molecule has 25 heavy (non-hydrogen) atoms. The molecule has 134 valence electrons. The van der Waals surface area contributed by atoms with Crippen LogP contribution < -0.4 is 10.7 Å². The zero-order chi connectivity index (χ0) is 15.6. The number of nitrogens with one attached hydrogen (secondary N) is 1. The fourth-order valence-electron chi connectivity index (χ4n) is 3.67. The number of allylic oxidation sites excluding steroid dienone is 2. The topological polar surface area (TPSA) is 31.9 Å². The van der Waals surface area contributed by atoms with Crippen LogP contribution in [0.25, 0.3) is 11.6 Å². The summed E-state index contributed by atoms with van der Waals surface area (Å²) in [5, 5.41) is 2.39. The van der Waals surface area contributed by atoms with Crippen molar-refractivity contribution in [3.05, 3.63) is 64.6 Å². The Morgan fingerprint density at radius 2 is 1.96 bits per heavy atom. The Kier molecular flexibility index (Phi) is 6.88. The second-order valence-corrected chi connectivity index (χ2v) is 6.67. The monoisotopic (exact) mass is 377 g/mol. The van der Waals surface area contributed by atoms with Crippen LogP contribution >= 0.6 is 24.8 Å². The van der Waals surface area contributed by atoms with Gasteiger partial charge in [0.2, 0.25) is 0 Å². The highest BCUT2D eigenvalue weighted by atomic mass is 35.5. The van der Waals surface area contributed by atoms with Crippen LogP contribution in [0.3, 0.4) is 0 Å². The van der Waals surface area contributed by atoms with Crippen molar-refractivity contribution in [1.82, 2.24) is 14.9 Å². The van der Waals surface area contributed by atoms with E-state index in [1.54, 1.807) is 0 Å². The SMILES string of the molecule is CN(Cc1ccccc1)Cc1nc2c([nH]1)=C1C=CCCC1CC=2.Cl.Cl. The fourth-order valence-corrected chi connectivity index (χ4v) is 3.67. The lowest BCUT2D eigenvalue weighted by Gasteiger charge is -2.21. The maximum atomic E-state index is 4.82. The van der Waals surface area contributed by atoms with Crippen molar-refractivity contribution < 1.29 is 0 Å². The van der Waals surface area contributed by atoms with Crippen molar-refractivity contribution in [2.45, 2.75) is 32.4 Å². The van der Waals surface area contributed by atoms with E-state index in [1.807, 2.05) is 0 Å². The smallest absolute Gasteiger partial charge is 0.121 e.